The Labute approximate surface area is 170 Å². The van der Waals surface area contributed by atoms with Crippen LogP contribution in [-0.2, 0) is 9.59 Å². The van der Waals surface area contributed by atoms with Gasteiger partial charge in [-0.2, -0.15) is 0 Å². The highest BCUT2D eigenvalue weighted by molar-refractivity contribution is 6.39. The zero-order valence-corrected chi connectivity index (χ0v) is 16.8. The zero-order valence-electron chi connectivity index (χ0n) is 16.8. The third-order valence-corrected chi connectivity index (χ3v) is 5.21. The summed E-state index contributed by atoms with van der Waals surface area (Å²) in [7, 11) is 0. The number of hydrogen-bond donors (Lipinski definition) is 2. The van der Waals surface area contributed by atoms with Crippen molar-refractivity contribution >= 4 is 23.4 Å². The van der Waals surface area contributed by atoms with E-state index in [9.17, 15) is 14.4 Å². The number of pyridine rings is 1. The highest BCUT2D eigenvalue weighted by Gasteiger charge is 2.25. The molecule has 1 aromatic heterocycles. The van der Waals surface area contributed by atoms with E-state index in [1.807, 2.05) is 36.9 Å². The fourth-order valence-electron chi connectivity index (χ4n) is 3.38. The summed E-state index contributed by atoms with van der Waals surface area (Å²) < 4.78 is 0. The van der Waals surface area contributed by atoms with E-state index in [0.717, 1.165) is 24.0 Å². The number of carbonyl (C=O) groups is 3. The van der Waals surface area contributed by atoms with E-state index in [1.54, 1.807) is 24.5 Å². The van der Waals surface area contributed by atoms with Gasteiger partial charge in [-0.1, -0.05) is 12.1 Å². The van der Waals surface area contributed by atoms with Crippen LogP contribution >= 0.6 is 0 Å². The first-order valence-corrected chi connectivity index (χ1v) is 9.80. The van der Waals surface area contributed by atoms with E-state index in [0.29, 0.717) is 30.9 Å². The minimum atomic E-state index is -0.664. The Hall–Kier alpha value is -3.22. The van der Waals surface area contributed by atoms with Crippen molar-refractivity contribution in [3.63, 3.8) is 0 Å². The number of rotatable bonds is 4. The maximum absolute atomic E-state index is 12.5. The Balaban J connectivity index is 1.44. The van der Waals surface area contributed by atoms with Crippen molar-refractivity contribution in [3.8, 4) is 0 Å². The fraction of sp³-hybridized carbons (Fsp3) is 0.364. The molecule has 3 rings (SSSR count). The monoisotopic (exact) mass is 394 g/mol. The van der Waals surface area contributed by atoms with Gasteiger partial charge >= 0.3 is 11.8 Å². The first-order chi connectivity index (χ1) is 13.9. The van der Waals surface area contributed by atoms with Crippen LogP contribution in [0.3, 0.4) is 0 Å². The van der Waals surface area contributed by atoms with E-state index in [2.05, 4.69) is 15.6 Å². The Morgan fingerprint density at radius 1 is 1.10 bits per heavy atom. The smallest absolute Gasteiger partial charge is 0.313 e. The van der Waals surface area contributed by atoms with Crippen LogP contribution in [0.2, 0.25) is 0 Å². The molecule has 1 fully saturated rings. The van der Waals surface area contributed by atoms with Gasteiger partial charge in [-0.3, -0.25) is 19.4 Å². The lowest BCUT2D eigenvalue weighted by Gasteiger charge is -2.32. The highest BCUT2D eigenvalue weighted by atomic mass is 16.2. The molecule has 1 aliphatic rings. The fourth-order valence-corrected chi connectivity index (χ4v) is 3.38. The minimum Gasteiger partial charge on any atom is -0.348 e. The van der Waals surface area contributed by atoms with E-state index in [4.69, 9.17) is 0 Å². The number of aromatic nitrogens is 1. The average Bonchev–Trinajstić information content (AvgIpc) is 2.75. The number of aryl methyl sites for hydroxylation is 2. The number of hydrogen-bond acceptors (Lipinski definition) is 4. The molecule has 1 aliphatic heterocycles. The second kappa shape index (κ2) is 9.32. The van der Waals surface area contributed by atoms with Crippen LogP contribution in [-0.4, -0.2) is 47.2 Å². The lowest BCUT2D eigenvalue weighted by Crippen LogP contribution is -2.43. The van der Waals surface area contributed by atoms with Gasteiger partial charge in [0.2, 0.25) is 0 Å². The minimum absolute atomic E-state index is 0.0199. The molecule has 0 bridgehead atoms. The maximum atomic E-state index is 12.5. The van der Waals surface area contributed by atoms with Crippen molar-refractivity contribution in [2.75, 3.05) is 25.0 Å². The van der Waals surface area contributed by atoms with E-state index < -0.39 is 11.8 Å². The SMILES string of the molecule is Cc1ccc(C)c(NC(=O)C(=O)NCC2CCN(C(=O)c3cccnc3)CC2)c1. The van der Waals surface area contributed by atoms with Crippen LogP contribution in [0.25, 0.3) is 0 Å². The number of anilines is 1. The van der Waals surface area contributed by atoms with Crippen molar-refractivity contribution in [2.45, 2.75) is 26.7 Å². The lowest BCUT2D eigenvalue weighted by molar-refractivity contribution is -0.136. The number of likely N-dealkylation sites (tertiary alicyclic amines) is 1. The second-order valence-electron chi connectivity index (χ2n) is 7.46. The molecule has 2 aromatic rings. The summed E-state index contributed by atoms with van der Waals surface area (Å²) in [6.45, 7) is 5.49. The molecule has 7 heteroatoms. The zero-order chi connectivity index (χ0) is 20.8. The molecule has 0 atom stereocenters. The van der Waals surface area contributed by atoms with Gasteiger partial charge < -0.3 is 15.5 Å². The van der Waals surface area contributed by atoms with Gasteiger partial charge in [-0.25, -0.2) is 0 Å². The molecule has 29 heavy (non-hydrogen) atoms. The molecule has 0 aliphatic carbocycles. The molecule has 0 radical (unpaired) electrons. The summed E-state index contributed by atoms with van der Waals surface area (Å²) >= 11 is 0. The molecule has 1 aromatic carbocycles. The number of nitrogens with one attached hydrogen (secondary N) is 2. The first-order valence-electron chi connectivity index (χ1n) is 9.80. The van der Waals surface area contributed by atoms with Gasteiger partial charge in [-0.05, 0) is 61.9 Å². The number of piperidine rings is 1. The largest absolute Gasteiger partial charge is 0.348 e. The molecular formula is C22H26N4O3. The van der Waals surface area contributed by atoms with Crippen molar-refractivity contribution in [1.29, 1.82) is 0 Å². The van der Waals surface area contributed by atoms with Gasteiger partial charge in [0.15, 0.2) is 0 Å². The lowest BCUT2D eigenvalue weighted by atomic mass is 9.96. The molecule has 0 saturated carbocycles. The Morgan fingerprint density at radius 2 is 1.86 bits per heavy atom. The second-order valence-corrected chi connectivity index (χ2v) is 7.46. The Bertz CT molecular complexity index is 890. The van der Waals surface area contributed by atoms with Gasteiger partial charge in [0.25, 0.3) is 5.91 Å². The summed E-state index contributed by atoms with van der Waals surface area (Å²) in [5.74, 6) is -1.08. The summed E-state index contributed by atoms with van der Waals surface area (Å²) in [6, 6.07) is 9.21. The number of nitrogens with zero attached hydrogens (tertiary/aromatic N) is 2. The summed E-state index contributed by atoms with van der Waals surface area (Å²) in [5, 5.41) is 5.39. The van der Waals surface area contributed by atoms with Crippen LogP contribution in [0.15, 0.2) is 42.7 Å². The predicted octanol–water partition coefficient (Wildman–Crippen LogP) is 2.31. The van der Waals surface area contributed by atoms with Crippen LogP contribution in [0.5, 0.6) is 0 Å². The van der Waals surface area contributed by atoms with Crippen LogP contribution in [0.4, 0.5) is 5.69 Å². The van der Waals surface area contributed by atoms with Gasteiger partial charge in [0.05, 0.1) is 5.56 Å². The molecule has 0 unspecified atom stereocenters. The molecule has 2 N–H and O–H groups in total. The molecular weight excluding hydrogens is 368 g/mol. The third-order valence-electron chi connectivity index (χ3n) is 5.21. The van der Waals surface area contributed by atoms with Crippen molar-refractivity contribution in [1.82, 2.24) is 15.2 Å². The molecule has 0 spiro atoms. The maximum Gasteiger partial charge on any atom is 0.313 e. The van der Waals surface area contributed by atoms with Crippen molar-refractivity contribution in [3.05, 3.63) is 59.4 Å². The Kier molecular flexibility index (Phi) is 6.59. The van der Waals surface area contributed by atoms with E-state index in [1.165, 1.54) is 0 Å². The number of benzene rings is 1. The average molecular weight is 394 g/mol. The topological polar surface area (TPSA) is 91.4 Å². The molecule has 7 nitrogen and oxygen atoms in total. The molecule has 2 heterocycles. The van der Waals surface area contributed by atoms with Gasteiger partial charge in [0.1, 0.15) is 0 Å². The van der Waals surface area contributed by atoms with Crippen LogP contribution in [0, 0.1) is 19.8 Å². The van der Waals surface area contributed by atoms with Crippen LogP contribution < -0.4 is 10.6 Å². The molecule has 152 valence electrons. The van der Waals surface area contributed by atoms with Gasteiger partial charge in [0, 0.05) is 37.7 Å². The van der Waals surface area contributed by atoms with E-state index in [-0.39, 0.29) is 11.8 Å². The molecule has 3 amide bonds. The first kappa shape index (κ1) is 20.5. The third kappa shape index (κ3) is 5.40. The quantitative estimate of drug-likeness (QED) is 0.779. The summed E-state index contributed by atoms with van der Waals surface area (Å²) in [4.78, 5) is 42.6. The highest BCUT2D eigenvalue weighted by Crippen LogP contribution is 2.19. The van der Waals surface area contributed by atoms with E-state index >= 15 is 0 Å². The molecule has 1 saturated heterocycles. The predicted molar refractivity (Wildman–Crippen MR) is 110 cm³/mol. The van der Waals surface area contributed by atoms with Gasteiger partial charge in [-0.15, -0.1) is 0 Å². The van der Waals surface area contributed by atoms with Crippen molar-refractivity contribution in [2.24, 2.45) is 5.92 Å². The standard InChI is InChI=1S/C22H26N4O3/c1-15-5-6-16(2)19(12-15)25-21(28)20(27)24-13-17-7-10-26(11-8-17)22(29)18-4-3-9-23-14-18/h3-6,9,12,14,17H,7-8,10-11,13H2,1-2H3,(H,24,27)(H,25,28). The van der Waals surface area contributed by atoms with Crippen LogP contribution in [0.1, 0.15) is 34.3 Å². The normalized spacial score (nSPS) is 14.3. The van der Waals surface area contributed by atoms with Crippen molar-refractivity contribution < 1.29 is 14.4 Å². The Morgan fingerprint density at radius 3 is 2.55 bits per heavy atom. The number of amides is 3. The summed E-state index contributed by atoms with van der Waals surface area (Å²) in [6.07, 6.45) is 4.78. The number of carbonyl (C=O) groups excluding carboxylic acids is 3. The summed E-state index contributed by atoms with van der Waals surface area (Å²) in [5.41, 5.74) is 3.15.